The topological polar surface area (TPSA) is 69.6 Å². The van der Waals surface area contributed by atoms with Crippen molar-refractivity contribution in [3.63, 3.8) is 0 Å². The minimum Gasteiger partial charge on any atom is -0.481 e. The summed E-state index contributed by atoms with van der Waals surface area (Å²) in [6.45, 7) is 5.69. The molecule has 1 unspecified atom stereocenters. The molecule has 2 N–H and O–H groups in total. The maximum atomic E-state index is 11.7. The first-order valence-corrected chi connectivity index (χ1v) is 5.71. The summed E-state index contributed by atoms with van der Waals surface area (Å²) in [6, 6.07) is 0. The summed E-state index contributed by atoms with van der Waals surface area (Å²) in [4.78, 5) is 24.5. The number of hydrogen-bond acceptors (Lipinski definition) is 3. The molecular formula is C11H20N2O3. The minimum absolute atomic E-state index is 0.00553. The van der Waals surface area contributed by atoms with Gasteiger partial charge in [-0.25, -0.2) is 0 Å². The molecule has 0 aromatic rings. The highest BCUT2D eigenvalue weighted by Gasteiger charge is 2.39. The molecule has 0 aromatic heterocycles. The van der Waals surface area contributed by atoms with Crippen molar-refractivity contribution in [3.05, 3.63) is 0 Å². The number of carbonyl (C=O) groups is 2. The fourth-order valence-corrected chi connectivity index (χ4v) is 1.97. The van der Waals surface area contributed by atoms with Gasteiger partial charge >= 0.3 is 5.97 Å². The maximum absolute atomic E-state index is 11.7. The van der Waals surface area contributed by atoms with E-state index < -0.39 is 11.4 Å². The molecule has 1 aliphatic heterocycles. The minimum atomic E-state index is -0.812. The van der Waals surface area contributed by atoms with E-state index in [4.69, 9.17) is 5.11 Å². The number of likely N-dealkylation sites (N-methyl/N-ethyl adjacent to an activating group) is 1. The molecule has 1 saturated heterocycles. The Bertz CT molecular complexity index is 280. The Hall–Kier alpha value is -1.10. The van der Waals surface area contributed by atoms with Gasteiger partial charge < -0.3 is 15.3 Å². The van der Waals surface area contributed by atoms with Gasteiger partial charge in [0.05, 0.1) is 12.0 Å². The van der Waals surface area contributed by atoms with Gasteiger partial charge in [-0.3, -0.25) is 9.59 Å². The molecule has 1 aliphatic rings. The normalized spacial score (nSPS) is 25.5. The van der Waals surface area contributed by atoms with Gasteiger partial charge in [-0.05, 0) is 26.3 Å². The van der Waals surface area contributed by atoms with E-state index in [0.717, 1.165) is 13.0 Å². The van der Waals surface area contributed by atoms with E-state index >= 15 is 0 Å². The van der Waals surface area contributed by atoms with Crippen LogP contribution in [0.15, 0.2) is 0 Å². The fraction of sp³-hybridized carbons (Fsp3) is 0.818. The van der Waals surface area contributed by atoms with Gasteiger partial charge in [-0.15, -0.1) is 0 Å². The lowest BCUT2D eigenvalue weighted by Crippen LogP contribution is -2.50. The lowest BCUT2D eigenvalue weighted by Gasteiger charge is -2.37. The van der Waals surface area contributed by atoms with Gasteiger partial charge in [0, 0.05) is 13.1 Å². The number of carbonyl (C=O) groups excluding carboxylic acids is 1. The highest BCUT2D eigenvalue weighted by Crippen LogP contribution is 2.29. The second-order valence-corrected chi connectivity index (χ2v) is 4.56. The predicted octanol–water partition coefficient (Wildman–Crippen LogP) is 0.309. The fourth-order valence-electron chi connectivity index (χ4n) is 1.97. The molecule has 1 fully saturated rings. The molecular weight excluding hydrogens is 208 g/mol. The molecule has 0 aliphatic carbocycles. The predicted molar refractivity (Wildman–Crippen MR) is 60.1 cm³/mol. The number of rotatable bonds is 4. The zero-order valence-electron chi connectivity index (χ0n) is 9.95. The quantitative estimate of drug-likeness (QED) is 0.726. The van der Waals surface area contributed by atoms with Gasteiger partial charge in [0.25, 0.3) is 0 Å². The zero-order chi connectivity index (χ0) is 12.2. The summed E-state index contributed by atoms with van der Waals surface area (Å²) in [7, 11) is 0. The van der Waals surface area contributed by atoms with E-state index in [1.54, 1.807) is 11.8 Å². The van der Waals surface area contributed by atoms with E-state index in [1.165, 1.54) is 0 Å². The van der Waals surface area contributed by atoms with Crippen molar-refractivity contribution in [1.82, 2.24) is 10.2 Å². The molecule has 1 heterocycles. The smallest absolute Gasteiger partial charge is 0.311 e. The molecule has 0 spiro atoms. The van der Waals surface area contributed by atoms with Crippen LogP contribution >= 0.6 is 0 Å². The summed E-state index contributed by atoms with van der Waals surface area (Å²) in [6.07, 6.45) is 1.41. The molecule has 1 rings (SSSR count). The Morgan fingerprint density at radius 2 is 2.19 bits per heavy atom. The summed E-state index contributed by atoms with van der Waals surface area (Å²) >= 11 is 0. The third kappa shape index (κ3) is 2.95. The largest absolute Gasteiger partial charge is 0.481 e. The average molecular weight is 228 g/mol. The first-order valence-electron chi connectivity index (χ1n) is 5.71. The third-order valence-corrected chi connectivity index (χ3v) is 3.09. The Labute approximate surface area is 95.8 Å². The standard InChI is InChI=1S/C11H20N2O3/c1-3-12-7-9(14)13-6-4-5-11(2,8-13)10(15)16/h12H,3-8H2,1-2H3,(H,15,16). The van der Waals surface area contributed by atoms with Crippen molar-refractivity contribution in [2.45, 2.75) is 26.7 Å². The Balaban J connectivity index is 2.56. The van der Waals surface area contributed by atoms with Crippen molar-refractivity contribution in [2.75, 3.05) is 26.2 Å². The number of likely N-dealkylation sites (tertiary alicyclic amines) is 1. The number of carboxylic acids is 1. The number of carboxylic acid groups (broad SMARTS) is 1. The van der Waals surface area contributed by atoms with Crippen LogP contribution in [0.2, 0.25) is 0 Å². The highest BCUT2D eigenvalue weighted by molar-refractivity contribution is 5.80. The molecule has 16 heavy (non-hydrogen) atoms. The summed E-state index contributed by atoms with van der Waals surface area (Å²) in [5.41, 5.74) is -0.778. The molecule has 92 valence electrons. The second-order valence-electron chi connectivity index (χ2n) is 4.56. The first kappa shape index (κ1) is 13.0. The van der Waals surface area contributed by atoms with E-state index in [-0.39, 0.29) is 5.91 Å². The van der Waals surface area contributed by atoms with Gasteiger partial charge in [-0.1, -0.05) is 6.92 Å². The molecule has 1 amide bonds. The summed E-state index contributed by atoms with van der Waals surface area (Å²) in [5.74, 6) is -0.817. The van der Waals surface area contributed by atoms with Crippen LogP contribution in [0.1, 0.15) is 26.7 Å². The van der Waals surface area contributed by atoms with Crippen LogP contribution in [0.3, 0.4) is 0 Å². The lowest BCUT2D eigenvalue weighted by atomic mass is 9.82. The van der Waals surface area contributed by atoms with Gasteiger partial charge in [0.1, 0.15) is 0 Å². The molecule has 5 nitrogen and oxygen atoms in total. The number of hydrogen-bond donors (Lipinski definition) is 2. The lowest BCUT2D eigenvalue weighted by molar-refractivity contribution is -0.153. The molecule has 0 radical (unpaired) electrons. The van der Waals surface area contributed by atoms with Gasteiger partial charge in [0.15, 0.2) is 0 Å². The number of nitrogens with zero attached hydrogens (tertiary/aromatic N) is 1. The highest BCUT2D eigenvalue weighted by atomic mass is 16.4. The van der Waals surface area contributed by atoms with Gasteiger partial charge in [-0.2, -0.15) is 0 Å². The number of aliphatic carboxylic acids is 1. The van der Waals surface area contributed by atoms with Crippen LogP contribution in [0.5, 0.6) is 0 Å². The van der Waals surface area contributed by atoms with E-state index in [1.807, 2.05) is 6.92 Å². The summed E-state index contributed by atoms with van der Waals surface area (Å²) in [5, 5.41) is 12.1. The maximum Gasteiger partial charge on any atom is 0.311 e. The van der Waals surface area contributed by atoms with E-state index in [9.17, 15) is 9.59 Å². The van der Waals surface area contributed by atoms with Crippen molar-refractivity contribution in [1.29, 1.82) is 0 Å². The van der Waals surface area contributed by atoms with Crippen LogP contribution < -0.4 is 5.32 Å². The monoisotopic (exact) mass is 228 g/mol. The number of nitrogens with one attached hydrogen (secondary N) is 1. The molecule has 5 heteroatoms. The Morgan fingerprint density at radius 3 is 2.75 bits per heavy atom. The number of amides is 1. The van der Waals surface area contributed by atoms with Crippen LogP contribution in [0.4, 0.5) is 0 Å². The molecule has 0 aromatic carbocycles. The second kappa shape index (κ2) is 5.30. The van der Waals surface area contributed by atoms with Crippen LogP contribution in [-0.4, -0.2) is 48.1 Å². The van der Waals surface area contributed by atoms with Crippen LogP contribution in [-0.2, 0) is 9.59 Å². The van der Waals surface area contributed by atoms with E-state index in [2.05, 4.69) is 5.32 Å². The molecule has 1 atom stereocenters. The number of piperidine rings is 1. The van der Waals surface area contributed by atoms with E-state index in [0.29, 0.717) is 26.1 Å². The van der Waals surface area contributed by atoms with Crippen molar-refractivity contribution >= 4 is 11.9 Å². The zero-order valence-corrected chi connectivity index (χ0v) is 9.95. The summed E-state index contributed by atoms with van der Waals surface area (Å²) < 4.78 is 0. The Kier molecular flexibility index (Phi) is 4.29. The van der Waals surface area contributed by atoms with Crippen LogP contribution in [0, 0.1) is 5.41 Å². The van der Waals surface area contributed by atoms with Crippen molar-refractivity contribution in [2.24, 2.45) is 5.41 Å². The molecule has 0 saturated carbocycles. The third-order valence-electron chi connectivity index (χ3n) is 3.09. The average Bonchev–Trinajstić information content (AvgIpc) is 2.25. The first-order chi connectivity index (χ1) is 7.49. The van der Waals surface area contributed by atoms with Crippen LogP contribution in [0.25, 0.3) is 0 Å². The van der Waals surface area contributed by atoms with Gasteiger partial charge in [0.2, 0.25) is 5.91 Å². The SMILES string of the molecule is CCNCC(=O)N1CCCC(C)(C(=O)O)C1. The Morgan fingerprint density at radius 1 is 1.50 bits per heavy atom. The molecule has 0 bridgehead atoms. The van der Waals surface area contributed by atoms with Crippen molar-refractivity contribution in [3.8, 4) is 0 Å². The van der Waals surface area contributed by atoms with Crippen molar-refractivity contribution < 1.29 is 14.7 Å².